The van der Waals surface area contributed by atoms with Crippen LogP contribution < -0.4 is 10.6 Å². The van der Waals surface area contributed by atoms with Crippen LogP contribution in [0.25, 0.3) is 0 Å². The van der Waals surface area contributed by atoms with Crippen molar-refractivity contribution < 1.29 is 13.7 Å². The number of halogens is 2. The van der Waals surface area contributed by atoms with Gasteiger partial charge in [0.1, 0.15) is 11.6 Å². The largest absolute Gasteiger partial charge is 0.360 e. The molecule has 0 saturated carbocycles. The summed E-state index contributed by atoms with van der Waals surface area (Å²) in [6.45, 7) is 4.79. The Morgan fingerprint density at radius 2 is 2.32 bits per heavy atom. The molecule has 1 aliphatic heterocycles. The highest BCUT2D eigenvalue weighted by atomic mass is 35.5. The number of piperazine rings is 1. The maximum atomic E-state index is 13.5. The fourth-order valence-electron chi connectivity index (χ4n) is 2.93. The highest BCUT2D eigenvalue weighted by Gasteiger charge is 2.24. The van der Waals surface area contributed by atoms with Crippen molar-refractivity contribution >= 4 is 24.1 Å². The Kier molecular flexibility index (Phi) is 6.92. The quantitative estimate of drug-likeness (QED) is 0.848. The molecule has 8 heteroatoms. The Bertz CT molecular complexity index is 709. The fourth-order valence-corrected chi connectivity index (χ4v) is 2.93. The van der Waals surface area contributed by atoms with Gasteiger partial charge in [0.25, 0.3) is 0 Å². The molecule has 136 valence electrons. The topological polar surface area (TPSA) is 70.4 Å². The molecular weight excluding hydrogens is 347 g/mol. The van der Waals surface area contributed by atoms with E-state index in [4.69, 9.17) is 4.52 Å². The summed E-state index contributed by atoms with van der Waals surface area (Å²) in [7, 11) is 0. The average molecular weight is 369 g/mol. The molecule has 1 atom stereocenters. The molecule has 2 aromatic rings. The molecule has 0 radical (unpaired) electrons. The molecule has 1 aromatic heterocycles. The lowest BCUT2D eigenvalue weighted by atomic mass is 10.0. The van der Waals surface area contributed by atoms with Crippen molar-refractivity contribution in [1.29, 1.82) is 0 Å². The lowest BCUT2D eigenvalue weighted by molar-refractivity contribution is -0.116. The number of nitrogens with zero attached hydrogens (tertiary/aromatic N) is 2. The Labute approximate surface area is 152 Å². The number of amides is 1. The molecule has 0 bridgehead atoms. The molecule has 6 nitrogen and oxygen atoms in total. The standard InChI is InChI=1S/C17H21FN4O2.ClH/c1-12-9-16(21-24-12)20-17(23)5-7-22-8-6-19-11-15(22)13-3-2-4-14(18)10-13;/h2-4,9-10,15,19H,5-8,11H2,1H3,(H,20,21,23);1H. The number of rotatable bonds is 5. The number of nitrogens with one attached hydrogen (secondary N) is 2. The van der Waals surface area contributed by atoms with E-state index >= 15 is 0 Å². The Hall–Kier alpha value is -1.96. The van der Waals surface area contributed by atoms with Gasteiger partial charge < -0.3 is 15.2 Å². The van der Waals surface area contributed by atoms with Crippen LogP contribution in [0.5, 0.6) is 0 Å². The third kappa shape index (κ3) is 5.26. The number of benzene rings is 1. The summed E-state index contributed by atoms with van der Waals surface area (Å²) >= 11 is 0. The monoisotopic (exact) mass is 368 g/mol. The maximum absolute atomic E-state index is 13.5. The van der Waals surface area contributed by atoms with E-state index in [2.05, 4.69) is 20.7 Å². The molecule has 1 amide bonds. The summed E-state index contributed by atoms with van der Waals surface area (Å²) in [6, 6.07) is 8.39. The van der Waals surface area contributed by atoms with E-state index in [1.54, 1.807) is 25.1 Å². The number of hydrogen-bond acceptors (Lipinski definition) is 5. The van der Waals surface area contributed by atoms with Crippen molar-refractivity contribution in [2.45, 2.75) is 19.4 Å². The van der Waals surface area contributed by atoms with Crippen LogP contribution in [0.4, 0.5) is 10.2 Å². The van der Waals surface area contributed by atoms with Gasteiger partial charge in [-0.3, -0.25) is 9.69 Å². The van der Waals surface area contributed by atoms with Gasteiger partial charge in [-0.25, -0.2) is 4.39 Å². The third-order valence-electron chi connectivity index (χ3n) is 4.11. The van der Waals surface area contributed by atoms with E-state index in [9.17, 15) is 9.18 Å². The van der Waals surface area contributed by atoms with Crippen molar-refractivity contribution in [3.63, 3.8) is 0 Å². The number of hydrogen-bond donors (Lipinski definition) is 2. The molecule has 1 aromatic carbocycles. The first-order valence-electron chi connectivity index (χ1n) is 8.05. The molecule has 3 rings (SSSR count). The van der Waals surface area contributed by atoms with Crippen molar-refractivity contribution in [2.24, 2.45) is 0 Å². The van der Waals surface area contributed by atoms with E-state index in [1.165, 1.54) is 6.07 Å². The van der Waals surface area contributed by atoms with Gasteiger partial charge in [-0.05, 0) is 24.6 Å². The predicted octanol–water partition coefficient (Wildman–Crippen LogP) is 2.52. The van der Waals surface area contributed by atoms with Gasteiger partial charge in [0.15, 0.2) is 5.82 Å². The average Bonchev–Trinajstić information content (AvgIpc) is 2.98. The minimum Gasteiger partial charge on any atom is -0.360 e. The van der Waals surface area contributed by atoms with Gasteiger partial charge in [-0.1, -0.05) is 17.3 Å². The Morgan fingerprint density at radius 1 is 1.48 bits per heavy atom. The van der Waals surface area contributed by atoms with Crippen LogP contribution in [0.3, 0.4) is 0 Å². The summed E-state index contributed by atoms with van der Waals surface area (Å²) in [5, 5.41) is 9.80. The highest BCUT2D eigenvalue weighted by Crippen LogP contribution is 2.23. The van der Waals surface area contributed by atoms with Crippen LogP contribution >= 0.6 is 12.4 Å². The molecule has 1 aliphatic rings. The van der Waals surface area contributed by atoms with E-state index in [-0.39, 0.29) is 30.2 Å². The lowest BCUT2D eigenvalue weighted by Gasteiger charge is -2.36. The molecule has 25 heavy (non-hydrogen) atoms. The molecular formula is C17H22ClFN4O2. The summed E-state index contributed by atoms with van der Waals surface area (Å²) in [5.41, 5.74) is 0.926. The minimum atomic E-state index is -0.239. The molecule has 1 fully saturated rings. The van der Waals surface area contributed by atoms with Crippen molar-refractivity contribution in [2.75, 3.05) is 31.5 Å². The SMILES string of the molecule is Cc1cc(NC(=O)CCN2CCNCC2c2cccc(F)c2)no1.Cl. The highest BCUT2D eigenvalue weighted by molar-refractivity contribution is 5.89. The van der Waals surface area contributed by atoms with E-state index in [0.29, 0.717) is 24.5 Å². The second-order valence-corrected chi connectivity index (χ2v) is 5.93. The molecule has 2 heterocycles. The van der Waals surface area contributed by atoms with Crippen LogP contribution in [0.15, 0.2) is 34.9 Å². The van der Waals surface area contributed by atoms with Crippen LogP contribution in [0.2, 0.25) is 0 Å². The summed E-state index contributed by atoms with van der Waals surface area (Å²) < 4.78 is 18.4. The zero-order valence-corrected chi connectivity index (χ0v) is 14.8. The van der Waals surface area contributed by atoms with Crippen LogP contribution in [-0.4, -0.2) is 42.1 Å². The zero-order valence-electron chi connectivity index (χ0n) is 14.0. The van der Waals surface area contributed by atoms with Gasteiger partial charge in [0, 0.05) is 44.7 Å². The van der Waals surface area contributed by atoms with E-state index in [0.717, 1.165) is 25.2 Å². The van der Waals surface area contributed by atoms with Crippen molar-refractivity contribution in [1.82, 2.24) is 15.4 Å². The van der Waals surface area contributed by atoms with Crippen molar-refractivity contribution in [3.8, 4) is 0 Å². The van der Waals surface area contributed by atoms with Crippen LogP contribution in [0.1, 0.15) is 23.8 Å². The van der Waals surface area contributed by atoms with Gasteiger partial charge in [0.2, 0.25) is 5.91 Å². The first-order valence-corrected chi connectivity index (χ1v) is 8.05. The fraction of sp³-hybridized carbons (Fsp3) is 0.412. The van der Waals surface area contributed by atoms with Crippen LogP contribution in [-0.2, 0) is 4.79 Å². The smallest absolute Gasteiger partial charge is 0.226 e. The number of carbonyl (C=O) groups excluding carboxylic acids is 1. The molecule has 2 N–H and O–H groups in total. The Morgan fingerprint density at radius 3 is 3.04 bits per heavy atom. The second-order valence-electron chi connectivity index (χ2n) is 5.93. The zero-order chi connectivity index (χ0) is 16.9. The van der Waals surface area contributed by atoms with Gasteiger partial charge in [-0.2, -0.15) is 0 Å². The normalized spacial score (nSPS) is 17.8. The van der Waals surface area contributed by atoms with Crippen LogP contribution in [0, 0.1) is 12.7 Å². The maximum Gasteiger partial charge on any atom is 0.226 e. The van der Waals surface area contributed by atoms with Gasteiger partial charge in [0.05, 0.1) is 0 Å². The first-order chi connectivity index (χ1) is 11.6. The number of aryl methyl sites for hydroxylation is 1. The summed E-state index contributed by atoms with van der Waals surface area (Å²) in [6.07, 6.45) is 0.345. The predicted molar refractivity (Wildman–Crippen MR) is 95.3 cm³/mol. The third-order valence-corrected chi connectivity index (χ3v) is 4.11. The van der Waals surface area contributed by atoms with Gasteiger partial charge >= 0.3 is 0 Å². The Balaban J connectivity index is 0.00000225. The molecule has 0 aliphatic carbocycles. The van der Waals surface area contributed by atoms with E-state index < -0.39 is 0 Å². The number of anilines is 1. The summed E-state index contributed by atoms with van der Waals surface area (Å²) in [5.74, 6) is 0.732. The lowest BCUT2D eigenvalue weighted by Crippen LogP contribution is -2.46. The van der Waals surface area contributed by atoms with Gasteiger partial charge in [-0.15, -0.1) is 12.4 Å². The molecule has 1 saturated heterocycles. The molecule has 0 spiro atoms. The molecule has 1 unspecified atom stereocenters. The number of aromatic nitrogens is 1. The second kappa shape index (κ2) is 8.94. The first kappa shape index (κ1) is 19.4. The summed E-state index contributed by atoms with van der Waals surface area (Å²) in [4.78, 5) is 14.3. The van der Waals surface area contributed by atoms with Crippen molar-refractivity contribution in [3.05, 3.63) is 47.5 Å². The van der Waals surface area contributed by atoms with E-state index in [1.807, 2.05) is 6.07 Å². The minimum absolute atomic E-state index is 0. The number of carbonyl (C=O) groups is 1.